The lowest BCUT2D eigenvalue weighted by atomic mass is 10.5. The molecular weight excluding hydrogens is 3360 g/mol. The Bertz CT molecular complexity index is 3330. The highest BCUT2D eigenvalue weighted by Crippen LogP contribution is 2.63. The van der Waals surface area contributed by atoms with Crippen LogP contribution in [0.2, 0.25) is 267 Å². The molecule has 6 rings (SSSR count). The largest absolute Gasteiger partial charge is 0.358 e. The molecule has 137 heavy (non-hydrogen) atoms. The summed E-state index contributed by atoms with van der Waals surface area (Å²) < 4.78 is 0. The van der Waals surface area contributed by atoms with Gasteiger partial charge in [-0.2, -0.15) is 33.2 Å². The molecule has 0 aromatic rings. The van der Waals surface area contributed by atoms with Crippen molar-refractivity contribution >= 4 is 817 Å². The molecule has 0 aromatic heterocycles. The fourth-order valence-corrected chi connectivity index (χ4v) is 814. The van der Waals surface area contributed by atoms with Crippen LogP contribution < -0.4 is 0 Å². The zero-order chi connectivity index (χ0) is 106. The smallest absolute Gasteiger partial charge is 0.176 e. The lowest BCUT2D eigenvalue weighted by Crippen LogP contribution is -2.82. The predicted molar refractivity (Wildman–Crippen MR) is 829 cm³/mol. The Labute approximate surface area is 1100 Å². The zero-order valence-electron chi connectivity index (χ0n) is 81.6. The molecule has 0 saturated carbocycles. The number of hydrogen-bond donors (Lipinski definition) is 0. The molecule has 88 heteroatoms. The van der Waals surface area contributed by atoms with Gasteiger partial charge in [0.1, 0.15) is 0 Å². The molecule has 0 spiro atoms. The van der Waals surface area contributed by atoms with E-state index in [4.69, 9.17) is 399 Å². The van der Waals surface area contributed by atoms with Crippen LogP contribution in [0.3, 0.4) is 0 Å². The molecule has 20 unspecified atom stereocenters. The number of hydrogen-bond acceptors (Lipinski definition) is 0. The Morgan fingerprint density at radius 3 is 1.18 bits per heavy atom. The van der Waals surface area contributed by atoms with Gasteiger partial charge in [0.05, 0.1) is 0 Å². The summed E-state index contributed by atoms with van der Waals surface area (Å²) in [5, 5.41) is 2.81. The summed E-state index contributed by atoms with van der Waals surface area (Å²) >= 11 is 234. The maximum atomic E-state index is 7.17. The molecule has 6 aliphatic heterocycles. The van der Waals surface area contributed by atoms with E-state index in [2.05, 4.69) is 161 Å². The second kappa shape index (κ2) is 72.4. The van der Waals surface area contributed by atoms with Crippen LogP contribution in [0.15, 0.2) is 0 Å². The molecule has 6 saturated heterocycles. The first-order valence-electron chi connectivity index (χ1n) is 46.5. The van der Waals surface area contributed by atoms with Crippen molar-refractivity contribution in [3.05, 3.63) is 0 Å². The first kappa shape index (κ1) is 170. The highest BCUT2D eigenvalue weighted by Gasteiger charge is 2.83. The van der Waals surface area contributed by atoms with Gasteiger partial charge >= 0.3 is 16.6 Å². The van der Waals surface area contributed by atoms with Crippen LogP contribution >= 0.6 is 455 Å². The molecule has 0 amide bonds. The third-order valence-electron chi connectivity index (χ3n) is 32.0. The Morgan fingerprint density at radius 1 is 0.445 bits per heavy atom. The van der Waals surface area contributed by atoms with Crippen LogP contribution in [0, 0.1) is 0 Å². The molecule has 6 heterocycles. The Kier molecular flexibility index (Phi) is 89.7. The van der Waals surface area contributed by atoms with Crippen molar-refractivity contribution in [3.8, 4) is 0 Å². The van der Waals surface area contributed by atoms with E-state index < -0.39 is 132 Å². The Hall–Kier alpha value is 22.1. The topological polar surface area (TPSA) is 0 Å². The lowest BCUT2D eigenvalue weighted by Gasteiger charge is -2.52. The number of halogens is 41. The van der Waals surface area contributed by atoms with E-state index in [1.165, 1.54) is 43.0 Å². The van der Waals surface area contributed by atoms with Gasteiger partial charge < -0.3 is 0 Å². The summed E-state index contributed by atoms with van der Waals surface area (Å²) in [4.78, 5) is 1.50. The first-order chi connectivity index (χ1) is 59.4. The van der Waals surface area contributed by atoms with Gasteiger partial charge in [0, 0.05) is 286 Å². The van der Waals surface area contributed by atoms with E-state index >= 15 is 0 Å². The standard InChI is InChI=1S/C13H46Si10.C12H42Si9.C7H28Si7.C6H14Cl14Si8.C5H10Cl14Si7.C3H10Cl8Si6.3CH4.2Cl2.ClH/c1-16-18(3)11-19(4)23(7)20(5)12-22(13(15)21(23)6)10-17(2)9-8-14;1-15-17(3)9-16(2)10-19(5)21(7)18(4)8-11(13)12(14)20(21)6;1-9-12(2)6-13(3)14(4)10-5-7(8)11-14;1-2-22(7,8)3-21-4-23(9,10)28(20,24(11,12)5-21)26(15,16)6-25(13,14)27(17,18)19;6-20(7,4-23(12,13)25(16,17)18)5-24(14,15)26(19)21(8,9)2-1-3-22(26,10)11;4-14(5,16(8,9)10)3-15(6,7)17(11)12-1-2-13-17;;;;2*1-2;/h13,17-22H,8-12,16H2,1-7,14-15H3;11-12,16-20H,8-10,15H2,1-7,13-14H3;7,12-13H,5-6,9-11H2,1-4,8H3;21H,2-6H2,1H3;1-5H2;1-3,12-13H2;3*1H4;;;1H. The summed E-state index contributed by atoms with van der Waals surface area (Å²) in [7, 11) is 21.4. The minimum absolute atomic E-state index is 0. The van der Waals surface area contributed by atoms with Gasteiger partial charge in [-0.1, -0.05) is 244 Å². The van der Waals surface area contributed by atoms with Crippen molar-refractivity contribution in [3.63, 3.8) is 0 Å². The van der Waals surface area contributed by atoms with Crippen LogP contribution in [0.5, 0.6) is 0 Å². The van der Waals surface area contributed by atoms with Crippen molar-refractivity contribution in [2.45, 2.75) is 302 Å². The molecule has 0 nitrogen and oxygen atoms in total. The van der Waals surface area contributed by atoms with Gasteiger partial charge in [0.25, 0.3) is 62.6 Å². The monoisotopic (exact) mass is 3500 g/mol. The number of rotatable bonds is 35. The second-order valence-electron chi connectivity index (χ2n) is 42.1. The van der Waals surface area contributed by atoms with Crippen molar-refractivity contribution < 1.29 is 0 Å². The summed E-state index contributed by atoms with van der Waals surface area (Å²) in [5.74, 6) is -8.71. The molecule has 6 aliphatic rings. The zero-order valence-corrected chi connectivity index (χ0v) is 170. The summed E-state index contributed by atoms with van der Waals surface area (Å²) in [5.41, 5.74) is 4.80. The van der Waals surface area contributed by atoms with Crippen LogP contribution in [0.25, 0.3) is 0 Å². The molecular formula is C49H163Cl41Si47. The van der Waals surface area contributed by atoms with Crippen LogP contribution in [-0.4, -0.2) is 363 Å². The molecule has 6 fully saturated rings. The normalized spacial score (nSPS) is 31.7. The molecule has 0 aliphatic carbocycles. The van der Waals surface area contributed by atoms with E-state index in [0.717, 1.165) is 0 Å². The highest BCUT2D eigenvalue weighted by atomic mass is 36.5. The third kappa shape index (κ3) is 50.2. The molecule has 0 radical (unpaired) electrons. The van der Waals surface area contributed by atoms with Crippen molar-refractivity contribution in [1.82, 2.24) is 0 Å². The van der Waals surface area contributed by atoms with E-state index in [9.17, 15) is 0 Å². The molecule has 0 N–H and O–H groups in total. The average molecular weight is 3530 g/mol. The van der Waals surface area contributed by atoms with Crippen LogP contribution in [0.1, 0.15) is 35.6 Å². The minimum Gasteiger partial charge on any atom is -0.176 e. The quantitative estimate of drug-likeness (QED) is 0.0438. The van der Waals surface area contributed by atoms with Crippen molar-refractivity contribution in [1.29, 1.82) is 0 Å². The summed E-state index contributed by atoms with van der Waals surface area (Å²) in [6.07, 6.45) is -31.3. The maximum Gasteiger partial charge on any atom is 0.358 e. The van der Waals surface area contributed by atoms with Crippen LogP contribution in [-0.2, 0) is 0 Å². The van der Waals surface area contributed by atoms with Gasteiger partial charge in [-0.3, -0.25) is 0 Å². The van der Waals surface area contributed by atoms with Crippen molar-refractivity contribution in [2.75, 3.05) is 0 Å². The Morgan fingerprint density at radius 2 is 0.803 bits per heavy atom. The maximum absolute atomic E-state index is 7.17. The van der Waals surface area contributed by atoms with Crippen LogP contribution in [0.4, 0.5) is 0 Å². The molecule has 0 bridgehead atoms. The fraction of sp³-hybridized carbons (Fsp3) is 1.00. The van der Waals surface area contributed by atoms with E-state index in [-0.39, 0.29) is 186 Å². The van der Waals surface area contributed by atoms with Gasteiger partial charge in [-0.15, -0.1) is 378 Å². The second-order valence-corrected chi connectivity index (χ2v) is 443. The highest BCUT2D eigenvalue weighted by molar-refractivity contribution is 8.27. The molecule has 0 aromatic carbocycles. The van der Waals surface area contributed by atoms with E-state index in [0.29, 0.717) is 92.4 Å². The minimum atomic E-state index is -3.55. The molecule has 834 valence electrons. The Balaban J connectivity index is -0.000000375. The first-order valence-corrected chi connectivity index (χ1v) is 217. The van der Waals surface area contributed by atoms with Gasteiger partial charge in [-0.05, 0) is 68.0 Å². The van der Waals surface area contributed by atoms with Gasteiger partial charge in [-0.25, -0.2) is 0 Å². The van der Waals surface area contributed by atoms with E-state index in [1.54, 1.807) is 53.1 Å². The van der Waals surface area contributed by atoms with E-state index in [1.807, 2.05) is 53.0 Å². The predicted octanol–water partition coefficient (Wildman–Crippen LogP) is 23.4. The fourth-order valence-electron chi connectivity index (χ4n) is 21.6. The van der Waals surface area contributed by atoms with Crippen molar-refractivity contribution in [2.24, 2.45) is 0 Å². The molecule has 20 atom stereocenters. The lowest BCUT2D eigenvalue weighted by molar-refractivity contribution is 0.980. The van der Waals surface area contributed by atoms with Gasteiger partial charge in [0.15, 0.2) is 5.94 Å². The van der Waals surface area contributed by atoms with Gasteiger partial charge in [0.2, 0.25) is 24.8 Å². The summed E-state index contributed by atoms with van der Waals surface area (Å²) in [6, 6.07) is 11.3. The average Bonchev–Trinajstić information content (AvgIpc) is 0.779. The third-order valence-corrected chi connectivity index (χ3v) is 669. The summed E-state index contributed by atoms with van der Waals surface area (Å²) in [6.45, 7) is 45.5. The SMILES string of the molecule is C.C.C.CC[Si](Cl)(Cl)C[SiH]1C[Si](Cl)(Cl)[Si](Cl)([Si](Cl)(Cl)C[Si](Cl)(Cl)[Si](Cl)(Cl)Cl)[Si](Cl)(Cl)C1.C[SiH2][SiH](C)C[SiH](C)C[SiH](C)[Si]1(C)[SiH](C)CC([SiH3])C([SiH3])[SiH]1C.C[SiH2][SiH](C)C[SiH](C)[Si]1(C)[SiH2]CC([SiH3])[SiH2]1.C[SiH2][SiH](C)C[SiH](C)[Si]1(C)[SiH](C)C[SiH](C[SiH](C)CC[SiH3])C([SiH3])[SiH]1C.Cl.ClCl.ClCl.Cl[Si](Cl)(C[Si](Cl)(Cl)[Si](Cl)(Cl)Cl)C[Si](Cl)(Cl)[Si]1(Cl)[Si](Cl)(Cl)CCC[Si]1(Cl)Cl.Cl[Si](Cl)(Cl)[Si](Cl)(Cl)C[Si](Cl)(Cl)[Si]1(Cl)[SiH2]CC[SiH2]1.